The van der Waals surface area contributed by atoms with Crippen molar-refractivity contribution in [3.8, 4) is 33.8 Å². The molecule has 1 aromatic heterocycles. The van der Waals surface area contributed by atoms with E-state index in [4.69, 9.17) is 23.2 Å². The summed E-state index contributed by atoms with van der Waals surface area (Å²) < 4.78 is 1.69. The van der Waals surface area contributed by atoms with Crippen LogP contribution in [0.25, 0.3) is 28.1 Å². The molecule has 0 amide bonds. The molecule has 0 radical (unpaired) electrons. The summed E-state index contributed by atoms with van der Waals surface area (Å²) in [5.74, 6) is -0.160. The summed E-state index contributed by atoms with van der Waals surface area (Å²) in [4.78, 5) is 19.5. The van der Waals surface area contributed by atoms with Crippen LogP contribution in [0.1, 0.15) is 11.1 Å². The zero-order valence-corrected chi connectivity index (χ0v) is 21.2. The monoisotopic (exact) mass is 505 g/mol. The number of aromatic nitrogens is 1. The zero-order chi connectivity index (χ0) is 25.3. The second kappa shape index (κ2) is 10.1. The van der Waals surface area contributed by atoms with E-state index >= 15 is 0 Å². The maximum atomic E-state index is 13.2. The molecule has 5 nitrogen and oxygen atoms in total. The van der Waals surface area contributed by atoms with Gasteiger partial charge in [-0.15, -0.1) is 0 Å². The largest absolute Gasteiger partial charge is 0.505 e. The van der Waals surface area contributed by atoms with Crippen LogP contribution in [-0.4, -0.2) is 35.4 Å². The van der Waals surface area contributed by atoms with E-state index in [-0.39, 0.29) is 21.4 Å². The van der Waals surface area contributed by atoms with Crippen LogP contribution in [0.4, 0.5) is 5.69 Å². The van der Waals surface area contributed by atoms with Gasteiger partial charge >= 0.3 is 0 Å². The molecule has 0 aliphatic rings. The lowest BCUT2D eigenvalue weighted by Crippen LogP contribution is -2.20. The molecule has 0 fully saturated rings. The Bertz CT molecular complexity index is 1450. The number of nitrogens with zero attached hydrogens (tertiary/aromatic N) is 3. The van der Waals surface area contributed by atoms with Gasteiger partial charge in [0.1, 0.15) is 0 Å². The summed E-state index contributed by atoms with van der Waals surface area (Å²) in [6.45, 7) is 6.50. The highest BCUT2D eigenvalue weighted by atomic mass is 35.5. The predicted molar refractivity (Wildman–Crippen MR) is 146 cm³/mol. The fourth-order valence-electron chi connectivity index (χ4n) is 4.12. The van der Waals surface area contributed by atoms with Crippen LogP contribution in [-0.2, 0) is 6.54 Å². The molecule has 3 aromatic carbocycles. The van der Waals surface area contributed by atoms with Gasteiger partial charge in [-0.3, -0.25) is 14.4 Å². The van der Waals surface area contributed by atoms with Gasteiger partial charge in [-0.05, 0) is 86.4 Å². The van der Waals surface area contributed by atoms with E-state index < -0.39 is 0 Å². The minimum absolute atomic E-state index is 0.151. The first-order chi connectivity index (χ1) is 16.7. The normalized spacial score (nSPS) is 11.1. The van der Waals surface area contributed by atoms with Gasteiger partial charge in [0.2, 0.25) is 0 Å². The fraction of sp³-hybridized carbons (Fsp3) is 0.143. The number of aryl methyl sites for hydroxylation is 1. The summed E-state index contributed by atoms with van der Waals surface area (Å²) in [6, 6.07) is 20.3. The maximum Gasteiger partial charge on any atom is 0.255 e. The molecular weight excluding hydrogens is 481 g/mol. The Morgan fingerprint density at radius 2 is 1.60 bits per heavy atom. The van der Waals surface area contributed by atoms with Crippen molar-refractivity contribution < 1.29 is 5.11 Å². The van der Waals surface area contributed by atoms with Gasteiger partial charge in [0, 0.05) is 23.9 Å². The number of aliphatic imine (C=N–C) groups is 1. The van der Waals surface area contributed by atoms with Gasteiger partial charge in [0.05, 0.1) is 21.4 Å². The van der Waals surface area contributed by atoms with Crippen molar-refractivity contribution in [3.05, 3.63) is 98.3 Å². The second-order valence-electron chi connectivity index (χ2n) is 8.62. The van der Waals surface area contributed by atoms with Crippen LogP contribution < -0.4 is 5.56 Å². The number of hydrogen-bond acceptors (Lipinski definition) is 4. The second-order valence-corrected chi connectivity index (χ2v) is 9.44. The lowest BCUT2D eigenvalue weighted by atomic mass is 9.97. The molecule has 178 valence electrons. The highest BCUT2D eigenvalue weighted by Crippen LogP contribution is 2.40. The molecule has 0 atom stereocenters. The molecule has 4 aromatic rings. The number of phenols is 1. The highest BCUT2D eigenvalue weighted by Gasteiger charge is 2.17. The van der Waals surface area contributed by atoms with E-state index in [1.54, 1.807) is 22.8 Å². The third-order valence-corrected chi connectivity index (χ3v) is 6.34. The molecule has 0 aliphatic heterocycles. The Kier molecular flexibility index (Phi) is 7.13. The number of pyridine rings is 1. The van der Waals surface area contributed by atoms with Crippen molar-refractivity contribution in [1.82, 2.24) is 9.47 Å². The minimum atomic E-state index is -0.160. The van der Waals surface area contributed by atoms with E-state index in [2.05, 4.69) is 16.6 Å². The quantitative estimate of drug-likeness (QED) is 0.290. The standard InChI is InChI=1S/C28H25Cl2N3O2/c1-17-5-12-26(34)33(21-9-6-18(7-10-21)16-32(3)4)27(17)22-13-19(8-11-25(22)31-2)20-14-23(29)28(35)24(30)15-20/h5-15,35H,2,16H2,1,3-4H3. The van der Waals surface area contributed by atoms with E-state index in [9.17, 15) is 9.90 Å². The van der Waals surface area contributed by atoms with E-state index in [0.29, 0.717) is 5.69 Å². The number of halogens is 2. The van der Waals surface area contributed by atoms with Crippen LogP contribution in [0, 0.1) is 6.92 Å². The summed E-state index contributed by atoms with van der Waals surface area (Å²) in [6.07, 6.45) is 0. The molecule has 0 aliphatic carbocycles. The molecule has 0 unspecified atom stereocenters. The van der Waals surface area contributed by atoms with Gasteiger partial charge in [0.25, 0.3) is 5.56 Å². The first-order valence-corrected chi connectivity index (χ1v) is 11.7. The van der Waals surface area contributed by atoms with Gasteiger partial charge in [0.15, 0.2) is 5.75 Å². The van der Waals surface area contributed by atoms with E-state index in [1.165, 1.54) is 0 Å². The summed E-state index contributed by atoms with van der Waals surface area (Å²) in [5.41, 5.74) is 6.29. The van der Waals surface area contributed by atoms with Gasteiger partial charge < -0.3 is 10.0 Å². The summed E-state index contributed by atoms with van der Waals surface area (Å²) >= 11 is 12.3. The molecule has 0 saturated heterocycles. The molecule has 0 saturated carbocycles. The Morgan fingerprint density at radius 1 is 0.943 bits per heavy atom. The van der Waals surface area contributed by atoms with Gasteiger partial charge in [-0.25, -0.2) is 0 Å². The molecule has 0 spiro atoms. The zero-order valence-electron chi connectivity index (χ0n) is 19.7. The van der Waals surface area contributed by atoms with Crippen LogP contribution in [0.2, 0.25) is 10.0 Å². The molecule has 35 heavy (non-hydrogen) atoms. The third-order valence-electron chi connectivity index (χ3n) is 5.76. The molecule has 1 N–H and O–H groups in total. The predicted octanol–water partition coefficient (Wildman–Crippen LogP) is 6.89. The summed E-state index contributed by atoms with van der Waals surface area (Å²) in [5, 5.41) is 10.3. The van der Waals surface area contributed by atoms with Crippen molar-refractivity contribution >= 4 is 35.6 Å². The topological polar surface area (TPSA) is 57.8 Å². The number of aromatic hydroxyl groups is 1. The average Bonchev–Trinajstić information content (AvgIpc) is 2.83. The molecule has 4 rings (SSSR count). The van der Waals surface area contributed by atoms with E-state index in [1.807, 2.05) is 69.6 Å². The Morgan fingerprint density at radius 3 is 2.20 bits per heavy atom. The summed E-state index contributed by atoms with van der Waals surface area (Å²) in [7, 11) is 4.03. The van der Waals surface area contributed by atoms with Crippen molar-refractivity contribution in [2.75, 3.05) is 14.1 Å². The number of rotatable bonds is 6. The lowest BCUT2D eigenvalue weighted by Gasteiger charge is -2.19. The van der Waals surface area contributed by atoms with Gasteiger partial charge in [-0.1, -0.05) is 47.5 Å². The van der Waals surface area contributed by atoms with Crippen molar-refractivity contribution in [3.63, 3.8) is 0 Å². The van der Waals surface area contributed by atoms with Crippen molar-refractivity contribution in [1.29, 1.82) is 0 Å². The Balaban J connectivity index is 1.94. The highest BCUT2D eigenvalue weighted by molar-refractivity contribution is 6.37. The number of benzene rings is 3. The fourth-order valence-corrected chi connectivity index (χ4v) is 4.60. The molecule has 1 heterocycles. The maximum absolute atomic E-state index is 13.2. The Labute approximate surface area is 214 Å². The Hall–Kier alpha value is -3.38. The van der Waals surface area contributed by atoms with Crippen molar-refractivity contribution in [2.45, 2.75) is 13.5 Å². The molecular formula is C28H25Cl2N3O2. The number of hydrogen-bond donors (Lipinski definition) is 1. The van der Waals surface area contributed by atoms with E-state index in [0.717, 1.165) is 45.7 Å². The van der Waals surface area contributed by atoms with Crippen LogP contribution >= 0.6 is 23.2 Å². The lowest BCUT2D eigenvalue weighted by molar-refractivity contribution is 0.402. The first kappa shape index (κ1) is 24.7. The third kappa shape index (κ3) is 5.03. The van der Waals surface area contributed by atoms with Crippen LogP contribution in [0.3, 0.4) is 0 Å². The van der Waals surface area contributed by atoms with Gasteiger partial charge in [-0.2, -0.15) is 0 Å². The smallest absolute Gasteiger partial charge is 0.255 e. The van der Waals surface area contributed by atoms with Crippen LogP contribution in [0.15, 0.2) is 76.5 Å². The minimum Gasteiger partial charge on any atom is -0.505 e. The SMILES string of the molecule is C=Nc1ccc(-c2cc(Cl)c(O)c(Cl)c2)cc1-c1c(C)ccc(=O)n1-c1ccc(CN(C)C)cc1. The average molecular weight is 506 g/mol. The number of phenolic OH excluding ortho intramolecular Hbond substituents is 1. The molecule has 0 bridgehead atoms. The van der Waals surface area contributed by atoms with Crippen LogP contribution in [0.5, 0.6) is 5.75 Å². The van der Waals surface area contributed by atoms with Crippen molar-refractivity contribution in [2.24, 2.45) is 4.99 Å². The molecule has 7 heteroatoms. The first-order valence-electron chi connectivity index (χ1n) is 11.0.